The van der Waals surface area contributed by atoms with Crippen LogP contribution in [0.5, 0.6) is 0 Å². The van der Waals surface area contributed by atoms with Gasteiger partial charge in [-0.05, 0) is 24.6 Å². The Balaban J connectivity index is 0.00000272. The molecule has 1 aromatic carbocycles. The molecule has 1 atom stereocenters. The summed E-state index contributed by atoms with van der Waals surface area (Å²) < 4.78 is 23.9. The third-order valence-electron chi connectivity index (χ3n) is 5.00. The number of nitrogens with one attached hydrogen (secondary N) is 1. The number of benzene rings is 1. The van der Waals surface area contributed by atoms with Gasteiger partial charge in [0.2, 0.25) is 0 Å². The average Bonchev–Trinajstić information content (AvgIpc) is 3.43. The van der Waals surface area contributed by atoms with Gasteiger partial charge in [-0.1, -0.05) is 6.07 Å². The number of aliphatic imine (C=N–C) groups is 1. The Morgan fingerprint density at radius 3 is 2.94 bits per heavy atom. The summed E-state index contributed by atoms with van der Waals surface area (Å²) >= 11 is 0. The van der Waals surface area contributed by atoms with Crippen LogP contribution in [0.1, 0.15) is 24.2 Å². The van der Waals surface area contributed by atoms with Crippen LogP contribution in [0, 0.1) is 5.82 Å². The van der Waals surface area contributed by atoms with Crippen LogP contribution in [0.3, 0.4) is 0 Å². The molecule has 1 aliphatic rings. The quantitative estimate of drug-likeness (QED) is 0.307. The predicted octanol–water partition coefficient (Wildman–Crippen LogP) is 2.90. The molecule has 1 saturated heterocycles. The Kier molecular flexibility index (Phi) is 8.02. The summed E-state index contributed by atoms with van der Waals surface area (Å²) in [6.07, 6.45) is 8.68. The largest absolute Gasteiger partial charge is 0.370 e. The molecular weight excluding hydrogens is 512 g/mol. The van der Waals surface area contributed by atoms with Gasteiger partial charge in [0.05, 0.1) is 37.9 Å². The maximum atomic E-state index is 14.5. The fraction of sp³-hybridized carbons (Fsp3) is 0.381. The van der Waals surface area contributed by atoms with Gasteiger partial charge in [0.15, 0.2) is 5.96 Å². The van der Waals surface area contributed by atoms with Gasteiger partial charge in [-0.25, -0.2) is 14.4 Å². The molecule has 0 radical (unpaired) electrons. The lowest BCUT2D eigenvalue weighted by Crippen LogP contribution is -2.48. The molecule has 2 aromatic heterocycles. The average molecular weight is 539 g/mol. The molecule has 1 unspecified atom stereocenters. The molecule has 0 amide bonds. The van der Waals surface area contributed by atoms with Crippen LogP contribution in [-0.2, 0) is 18.3 Å². The molecule has 1 N–H and O–H groups in total. The second kappa shape index (κ2) is 10.7. The van der Waals surface area contributed by atoms with Crippen LogP contribution in [0.4, 0.5) is 4.39 Å². The van der Waals surface area contributed by atoms with Gasteiger partial charge in [0.25, 0.3) is 0 Å². The summed E-state index contributed by atoms with van der Waals surface area (Å²) in [6, 6.07) is 5.17. The zero-order valence-electron chi connectivity index (χ0n) is 17.6. The van der Waals surface area contributed by atoms with Crippen molar-refractivity contribution in [1.29, 1.82) is 0 Å². The number of hydrogen-bond acceptors (Lipinski definition) is 4. The Morgan fingerprint density at radius 2 is 2.26 bits per heavy atom. The summed E-state index contributed by atoms with van der Waals surface area (Å²) in [5.41, 5.74) is 2.33. The number of ether oxygens (including phenoxy) is 1. The number of halogens is 2. The molecule has 166 valence electrons. The van der Waals surface area contributed by atoms with Crippen LogP contribution in [0.15, 0.2) is 54.3 Å². The van der Waals surface area contributed by atoms with E-state index in [1.165, 1.54) is 6.07 Å². The van der Waals surface area contributed by atoms with E-state index >= 15 is 0 Å². The molecule has 8 nitrogen and oxygen atoms in total. The zero-order chi connectivity index (χ0) is 20.9. The van der Waals surface area contributed by atoms with Crippen LogP contribution >= 0.6 is 24.0 Å². The normalized spacial score (nSPS) is 16.8. The standard InChI is InChI=1S/C21H26FN7O.HI/c1-3-24-21(28-8-9-30-20(14-28)17-12-26-27(2)13-17)25-11-16-4-5-19(18(22)10-16)29-7-6-23-15-29;/h4-7,10,12-13,15,20H,3,8-9,11,14H2,1-2H3,(H,24,25);1H. The monoisotopic (exact) mass is 539 g/mol. The van der Waals surface area contributed by atoms with E-state index in [1.807, 2.05) is 32.4 Å². The predicted molar refractivity (Wildman–Crippen MR) is 127 cm³/mol. The second-order valence-electron chi connectivity index (χ2n) is 7.18. The summed E-state index contributed by atoms with van der Waals surface area (Å²) in [6.45, 7) is 5.22. The lowest BCUT2D eigenvalue weighted by molar-refractivity contribution is -0.00805. The number of aromatic nitrogens is 4. The number of nitrogens with zero attached hydrogens (tertiary/aromatic N) is 6. The highest BCUT2D eigenvalue weighted by molar-refractivity contribution is 14.0. The van der Waals surface area contributed by atoms with Gasteiger partial charge in [0, 0.05) is 44.3 Å². The van der Waals surface area contributed by atoms with E-state index in [-0.39, 0.29) is 35.9 Å². The minimum atomic E-state index is -0.297. The van der Waals surface area contributed by atoms with Crippen molar-refractivity contribution < 1.29 is 9.13 Å². The highest BCUT2D eigenvalue weighted by Crippen LogP contribution is 2.22. The molecular formula is C21H27FIN7O. The Hall–Kier alpha value is -2.47. The van der Waals surface area contributed by atoms with Gasteiger partial charge in [-0.15, -0.1) is 24.0 Å². The summed E-state index contributed by atoms with van der Waals surface area (Å²) in [5, 5.41) is 7.58. The number of rotatable bonds is 5. The van der Waals surface area contributed by atoms with Crippen LogP contribution in [0.2, 0.25) is 0 Å². The van der Waals surface area contributed by atoms with E-state index in [1.54, 1.807) is 34.0 Å². The van der Waals surface area contributed by atoms with E-state index in [9.17, 15) is 4.39 Å². The van der Waals surface area contributed by atoms with Gasteiger partial charge in [0.1, 0.15) is 11.9 Å². The molecule has 3 aromatic rings. The van der Waals surface area contributed by atoms with Gasteiger partial charge in [-0.3, -0.25) is 4.68 Å². The van der Waals surface area contributed by atoms with E-state index in [0.717, 1.165) is 30.2 Å². The maximum absolute atomic E-state index is 14.5. The fourth-order valence-electron chi connectivity index (χ4n) is 3.50. The molecule has 0 saturated carbocycles. The molecule has 4 rings (SSSR count). The second-order valence-corrected chi connectivity index (χ2v) is 7.18. The summed E-state index contributed by atoms with van der Waals surface area (Å²) in [7, 11) is 1.90. The van der Waals surface area contributed by atoms with Crippen LogP contribution < -0.4 is 5.32 Å². The smallest absolute Gasteiger partial charge is 0.194 e. The van der Waals surface area contributed by atoms with E-state index in [4.69, 9.17) is 9.73 Å². The minimum Gasteiger partial charge on any atom is -0.370 e. The van der Waals surface area contributed by atoms with E-state index < -0.39 is 0 Å². The maximum Gasteiger partial charge on any atom is 0.194 e. The van der Waals surface area contributed by atoms with Crippen molar-refractivity contribution in [2.45, 2.75) is 19.6 Å². The van der Waals surface area contributed by atoms with Crippen molar-refractivity contribution in [2.24, 2.45) is 12.0 Å². The van der Waals surface area contributed by atoms with Crippen molar-refractivity contribution in [1.82, 2.24) is 29.5 Å². The van der Waals surface area contributed by atoms with Crippen molar-refractivity contribution in [3.05, 3.63) is 66.3 Å². The first-order chi connectivity index (χ1) is 14.6. The Bertz CT molecular complexity index is 1010. The molecule has 31 heavy (non-hydrogen) atoms. The van der Waals surface area contributed by atoms with E-state index in [0.29, 0.717) is 25.4 Å². The third kappa shape index (κ3) is 5.62. The SMILES string of the molecule is CCNC(=NCc1ccc(-n2ccnc2)c(F)c1)N1CCOC(c2cnn(C)c2)C1.I. The number of morpholine rings is 1. The minimum absolute atomic E-state index is 0. The first kappa shape index (κ1) is 23.2. The highest BCUT2D eigenvalue weighted by atomic mass is 127. The first-order valence-electron chi connectivity index (χ1n) is 10.0. The van der Waals surface area contributed by atoms with Crippen molar-refractivity contribution in [2.75, 3.05) is 26.2 Å². The van der Waals surface area contributed by atoms with Crippen LogP contribution in [0.25, 0.3) is 5.69 Å². The molecule has 3 heterocycles. The fourth-order valence-corrected chi connectivity index (χ4v) is 3.50. The Labute approximate surface area is 198 Å². The first-order valence-corrected chi connectivity index (χ1v) is 10.0. The topological polar surface area (TPSA) is 72.5 Å². The van der Waals surface area contributed by atoms with E-state index in [2.05, 4.69) is 20.3 Å². The lowest BCUT2D eigenvalue weighted by atomic mass is 10.1. The molecule has 0 bridgehead atoms. The molecule has 0 aliphatic carbocycles. The van der Waals surface area contributed by atoms with Gasteiger partial charge < -0.3 is 19.5 Å². The number of hydrogen-bond donors (Lipinski definition) is 1. The highest BCUT2D eigenvalue weighted by Gasteiger charge is 2.25. The zero-order valence-corrected chi connectivity index (χ0v) is 19.9. The number of imidazole rings is 1. The van der Waals surface area contributed by atoms with Crippen molar-refractivity contribution in [3.63, 3.8) is 0 Å². The number of aryl methyl sites for hydroxylation is 1. The Morgan fingerprint density at radius 1 is 1.39 bits per heavy atom. The number of guanidine groups is 1. The van der Waals surface area contributed by atoms with Crippen molar-refractivity contribution >= 4 is 29.9 Å². The van der Waals surface area contributed by atoms with Gasteiger partial charge >= 0.3 is 0 Å². The molecule has 1 fully saturated rings. The summed E-state index contributed by atoms with van der Waals surface area (Å²) in [5.74, 6) is 0.502. The van der Waals surface area contributed by atoms with Crippen molar-refractivity contribution in [3.8, 4) is 5.69 Å². The van der Waals surface area contributed by atoms with Crippen LogP contribution in [-0.4, -0.2) is 56.4 Å². The molecule has 0 spiro atoms. The van der Waals surface area contributed by atoms with Gasteiger partial charge in [-0.2, -0.15) is 5.10 Å². The molecule has 1 aliphatic heterocycles. The molecule has 10 heteroatoms. The third-order valence-corrected chi connectivity index (χ3v) is 5.00. The lowest BCUT2D eigenvalue weighted by Gasteiger charge is -2.34. The summed E-state index contributed by atoms with van der Waals surface area (Å²) in [4.78, 5) is 10.9.